The molecule has 0 aromatic heterocycles. The van der Waals surface area contributed by atoms with Crippen molar-refractivity contribution in [1.82, 2.24) is 5.32 Å². The summed E-state index contributed by atoms with van der Waals surface area (Å²) < 4.78 is 0. The van der Waals surface area contributed by atoms with Gasteiger partial charge in [0.15, 0.2) is 0 Å². The fourth-order valence-electron chi connectivity index (χ4n) is 0.604. The van der Waals surface area contributed by atoms with Crippen molar-refractivity contribution in [2.24, 2.45) is 5.41 Å². The minimum absolute atomic E-state index is 0.481. The molecular formula is C7H17N. The molecule has 0 heterocycles. The predicted octanol–water partition coefficient (Wildman–Crippen LogP) is 1.64. The van der Waals surface area contributed by atoms with Crippen LogP contribution in [0.4, 0.5) is 0 Å². The van der Waals surface area contributed by atoms with Crippen molar-refractivity contribution in [2.45, 2.75) is 27.2 Å². The van der Waals surface area contributed by atoms with Crippen LogP contribution in [0.25, 0.3) is 0 Å². The lowest BCUT2D eigenvalue weighted by atomic mass is 9.90. The lowest BCUT2D eigenvalue weighted by Gasteiger charge is -2.21. The van der Waals surface area contributed by atoms with E-state index < -0.39 is 0 Å². The van der Waals surface area contributed by atoms with E-state index in [0.29, 0.717) is 5.41 Å². The monoisotopic (exact) mass is 115 g/mol. The Kier molecular flexibility index (Phi) is 3.06. The summed E-state index contributed by atoms with van der Waals surface area (Å²) in [5, 5.41) is 3.16. The van der Waals surface area contributed by atoms with Crippen molar-refractivity contribution in [1.29, 1.82) is 0 Å². The summed E-state index contributed by atoms with van der Waals surface area (Å²) in [6.07, 6.45) is 1.24. The smallest absolute Gasteiger partial charge is 0.0000589 e. The topological polar surface area (TPSA) is 12.0 Å². The fraction of sp³-hybridized carbons (Fsp3) is 1.00. The van der Waals surface area contributed by atoms with E-state index in [1.54, 1.807) is 0 Å². The van der Waals surface area contributed by atoms with Crippen LogP contribution in [-0.2, 0) is 0 Å². The van der Waals surface area contributed by atoms with Crippen LogP contribution in [0.3, 0.4) is 0 Å². The molecule has 0 unspecified atom stereocenters. The maximum Gasteiger partial charge on any atom is -0.0000589 e. The highest BCUT2D eigenvalue weighted by Gasteiger charge is 2.11. The molecule has 0 rings (SSSR count). The van der Waals surface area contributed by atoms with E-state index in [4.69, 9.17) is 0 Å². The Balaban J connectivity index is 3.37. The van der Waals surface area contributed by atoms with Gasteiger partial charge >= 0.3 is 0 Å². The molecule has 0 aromatic rings. The molecule has 0 fully saturated rings. The summed E-state index contributed by atoms with van der Waals surface area (Å²) in [4.78, 5) is 0. The second-order valence-electron chi connectivity index (χ2n) is 3.05. The van der Waals surface area contributed by atoms with E-state index in [2.05, 4.69) is 26.1 Å². The lowest BCUT2D eigenvalue weighted by molar-refractivity contribution is 0.339. The normalized spacial score (nSPS) is 12.0. The molecule has 8 heavy (non-hydrogen) atoms. The highest BCUT2D eigenvalue weighted by atomic mass is 14.8. The van der Waals surface area contributed by atoms with Crippen LogP contribution in [-0.4, -0.2) is 13.6 Å². The molecule has 0 aliphatic rings. The van der Waals surface area contributed by atoms with Gasteiger partial charge in [-0.2, -0.15) is 0 Å². The standard InChI is InChI=1S/C7H17N/c1-5-7(2,3)6-8-4/h8H,5-6H2,1-4H3. The zero-order valence-corrected chi connectivity index (χ0v) is 6.41. The molecule has 1 nitrogen and oxygen atoms in total. The highest BCUT2D eigenvalue weighted by Crippen LogP contribution is 2.16. The van der Waals surface area contributed by atoms with Crippen molar-refractivity contribution < 1.29 is 0 Å². The van der Waals surface area contributed by atoms with Gasteiger partial charge in [-0.15, -0.1) is 0 Å². The molecule has 0 aliphatic heterocycles. The minimum atomic E-state index is 0.481. The Morgan fingerprint density at radius 2 is 1.88 bits per heavy atom. The Bertz CT molecular complexity index is 57.4. The van der Waals surface area contributed by atoms with E-state index in [9.17, 15) is 0 Å². The predicted molar refractivity (Wildman–Crippen MR) is 38.0 cm³/mol. The molecular weight excluding hydrogens is 98.1 g/mol. The molecule has 0 spiro atoms. The first-order chi connectivity index (χ1) is 3.62. The van der Waals surface area contributed by atoms with Gasteiger partial charge in [0.05, 0.1) is 0 Å². The first-order valence-electron chi connectivity index (χ1n) is 3.27. The van der Waals surface area contributed by atoms with E-state index in [1.807, 2.05) is 7.05 Å². The second kappa shape index (κ2) is 3.08. The minimum Gasteiger partial charge on any atom is -0.319 e. The van der Waals surface area contributed by atoms with Crippen LogP contribution < -0.4 is 5.32 Å². The van der Waals surface area contributed by atoms with Crippen molar-refractivity contribution >= 4 is 0 Å². The number of nitrogens with one attached hydrogen (secondary N) is 1. The molecule has 0 atom stereocenters. The molecule has 0 saturated carbocycles. The van der Waals surface area contributed by atoms with Crippen molar-refractivity contribution in [2.75, 3.05) is 13.6 Å². The van der Waals surface area contributed by atoms with E-state index in [1.165, 1.54) is 6.42 Å². The van der Waals surface area contributed by atoms with Gasteiger partial charge in [0, 0.05) is 0 Å². The van der Waals surface area contributed by atoms with Crippen LogP contribution in [0.5, 0.6) is 0 Å². The van der Waals surface area contributed by atoms with E-state index in [0.717, 1.165) is 6.54 Å². The fourth-order valence-corrected chi connectivity index (χ4v) is 0.604. The average molecular weight is 115 g/mol. The van der Waals surface area contributed by atoms with Gasteiger partial charge in [0.1, 0.15) is 0 Å². The average Bonchev–Trinajstić information content (AvgIpc) is 1.67. The van der Waals surface area contributed by atoms with E-state index >= 15 is 0 Å². The summed E-state index contributed by atoms with van der Waals surface area (Å²) in [7, 11) is 2.00. The van der Waals surface area contributed by atoms with Crippen molar-refractivity contribution in [3.8, 4) is 0 Å². The first-order valence-corrected chi connectivity index (χ1v) is 3.27. The van der Waals surface area contributed by atoms with Crippen LogP contribution >= 0.6 is 0 Å². The van der Waals surface area contributed by atoms with Gasteiger partial charge in [-0.25, -0.2) is 0 Å². The van der Waals surface area contributed by atoms with Gasteiger partial charge in [-0.05, 0) is 25.4 Å². The number of hydrogen-bond acceptors (Lipinski definition) is 1. The van der Waals surface area contributed by atoms with Crippen LogP contribution in [0, 0.1) is 5.41 Å². The molecule has 50 valence electrons. The van der Waals surface area contributed by atoms with Crippen molar-refractivity contribution in [3.05, 3.63) is 0 Å². The zero-order valence-electron chi connectivity index (χ0n) is 6.41. The summed E-state index contributed by atoms with van der Waals surface area (Å²) in [5.41, 5.74) is 0.481. The Labute approximate surface area is 52.5 Å². The maximum atomic E-state index is 3.16. The van der Waals surface area contributed by atoms with E-state index in [-0.39, 0.29) is 0 Å². The Morgan fingerprint density at radius 1 is 1.38 bits per heavy atom. The molecule has 0 saturated heterocycles. The van der Waals surface area contributed by atoms with Gasteiger partial charge < -0.3 is 5.32 Å². The second-order valence-corrected chi connectivity index (χ2v) is 3.05. The Hall–Kier alpha value is -0.0400. The molecule has 1 N–H and O–H groups in total. The maximum absolute atomic E-state index is 3.16. The van der Waals surface area contributed by atoms with Crippen molar-refractivity contribution in [3.63, 3.8) is 0 Å². The van der Waals surface area contributed by atoms with Crippen LogP contribution in [0.15, 0.2) is 0 Å². The largest absolute Gasteiger partial charge is 0.319 e. The van der Waals surface area contributed by atoms with Gasteiger partial charge in [0.2, 0.25) is 0 Å². The van der Waals surface area contributed by atoms with Crippen LogP contribution in [0.2, 0.25) is 0 Å². The SMILES string of the molecule is CCC(C)(C)CNC. The Morgan fingerprint density at radius 3 is 2.00 bits per heavy atom. The highest BCUT2D eigenvalue weighted by molar-refractivity contribution is 4.67. The van der Waals surface area contributed by atoms with Gasteiger partial charge in [0.25, 0.3) is 0 Å². The third-order valence-corrected chi connectivity index (χ3v) is 1.61. The van der Waals surface area contributed by atoms with Gasteiger partial charge in [-0.3, -0.25) is 0 Å². The third-order valence-electron chi connectivity index (χ3n) is 1.61. The molecule has 0 aromatic carbocycles. The summed E-state index contributed by atoms with van der Waals surface area (Å²) in [6.45, 7) is 7.87. The molecule has 0 bridgehead atoms. The molecule has 0 amide bonds. The quantitative estimate of drug-likeness (QED) is 0.589. The summed E-state index contributed by atoms with van der Waals surface area (Å²) in [6, 6.07) is 0. The first kappa shape index (κ1) is 7.96. The lowest BCUT2D eigenvalue weighted by Crippen LogP contribution is -2.25. The third kappa shape index (κ3) is 3.03. The number of rotatable bonds is 3. The number of hydrogen-bond donors (Lipinski definition) is 1. The zero-order chi connectivity index (χ0) is 6.62. The van der Waals surface area contributed by atoms with Crippen LogP contribution in [0.1, 0.15) is 27.2 Å². The summed E-state index contributed by atoms with van der Waals surface area (Å²) in [5.74, 6) is 0. The van der Waals surface area contributed by atoms with Gasteiger partial charge in [-0.1, -0.05) is 20.8 Å². The molecule has 0 aliphatic carbocycles. The summed E-state index contributed by atoms with van der Waals surface area (Å²) >= 11 is 0. The molecule has 0 radical (unpaired) electrons. The molecule has 1 heteroatoms.